The number of hydrogen-bond donors (Lipinski definition) is 2. The molecule has 0 saturated carbocycles. The summed E-state index contributed by atoms with van der Waals surface area (Å²) in [7, 11) is 0. The Morgan fingerprint density at radius 2 is 2.12 bits per heavy atom. The molecule has 4 heteroatoms. The molecule has 1 aromatic rings. The molecular formula is C12H16F2N2. The molecule has 3 N–H and O–H groups in total. The van der Waals surface area contributed by atoms with Crippen LogP contribution in [0.5, 0.6) is 0 Å². The number of nitrogens with two attached hydrogens (primary N) is 1. The molecule has 3 unspecified atom stereocenters. The van der Waals surface area contributed by atoms with Crippen LogP contribution in [0, 0.1) is 17.6 Å². The lowest BCUT2D eigenvalue weighted by atomic mass is 9.84. The summed E-state index contributed by atoms with van der Waals surface area (Å²) in [5.74, 6) is -0.902. The predicted octanol–water partition coefficient (Wildman–Crippen LogP) is 1.96. The maximum atomic E-state index is 13.6. The molecule has 2 rings (SSSR count). The number of nitrogens with one attached hydrogen (secondary N) is 1. The zero-order valence-electron chi connectivity index (χ0n) is 9.21. The first-order valence-electron chi connectivity index (χ1n) is 5.53. The molecule has 0 aliphatic carbocycles. The number of rotatable bonds is 1. The maximum Gasteiger partial charge on any atom is 0.130 e. The van der Waals surface area contributed by atoms with Gasteiger partial charge >= 0.3 is 0 Å². The van der Waals surface area contributed by atoms with Crippen LogP contribution < -0.4 is 11.1 Å². The molecule has 0 bridgehead atoms. The van der Waals surface area contributed by atoms with Crippen molar-refractivity contribution in [2.75, 3.05) is 6.54 Å². The van der Waals surface area contributed by atoms with Gasteiger partial charge in [-0.3, -0.25) is 0 Å². The smallest absolute Gasteiger partial charge is 0.130 e. The predicted molar refractivity (Wildman–Crippen MR) is 58.9 cm³/mol. The Morgan fingerprint density at radius 3 is 2.81 bits per heavy atom. The van der Waals surface area contributed by atoms with E-state index in [1.54, 1.807) is 0 Å². The number of piperidine rings is 1. The Hall–Kier alpha value is -1.00. The number of halogens is 2. The minimum atomic E-state index is -0.547. The normalized spacial score (nSPS) is 30.4. The van der Waals surface area contributed by atoms with Crippen molar-refractivity contribution < 1.29 is 8.78 Å². The van der Waals surface area contributed by atoms with Gasteiger partial charge in [-0.25, -0.2) is 8.78 Å². The molecule has 0 amide bonds. The van der Waals surface area contributed by atoms with Crippen LogP contribution in [0.15, 0.2) is 18.2 Å². The van der Waals surface area contributed by atoms with Crippen molar-refractivity contribution in [2.24, 2.45) is 11.7 Å². The van der Waals surface area contributed by atoms with Gasteiger partial charge in [0, 0.05) is 23.7 Å². The average Bonchev–Trinajstić information content (AvgIpc) is 2.23. The molecule has 1 aliphatic rings. The molecule has 1 heterocycles. The fourth-order valence-electron chi connectivity index (χ4n) is 2.25. The van der Waals surface area contributed by atoms with Crippen LogP contribution in [-0.4, -0.2) is 12.6 Å². The summed E-state index contributed by atoms with van der Waals surface area (Å²) >= 11 is 0. The van der Waals surface area contributed by atoms with E-state index in [2.05, 4.69) is 5.32 Å². The highest BCUT2D eigenvalue weighted by Crippen LogP contribution is 2.30. The minimum Gasteiger partial charge on any atom is -0.327 e. The largest absolute Gasteiger partial charge is 0.327 e. The third kappa shape index (κ3) is 2.08. The standard InChI is InChI=1S/C12H16F2N2/c1-7-11(15)4-5-16-12(7)9-3-2-8(13)6-10(9)14/h2-3,6-7,11-12,16H,4-5,15H2,1H3. The van der Waals surface area contributed by atoms with Crippen molar-refractivity contribution in [3.63, 3.8) is 0 Å². The van der Waals surface area contributed by atoms with Crippen molar-refractivity contribution >= 4 is 0 Å². The molecule has 1 aromatic carbocycles. The summed E-state index contributed by atoms with van der Waals surface area (Å²) in [5, 5.41) is 3.23. The third-order valence-electron chi connectivity index (χ3n) is 3.34. The first-order valence-corrected chi connectivity index (χ1v) is 5.53. The van der Waals surface area contributed by atoms with Gasteiger partial charge in [-0.2, -0.15) is 0 Å². The molecule has 0 spiro atoms. The van der Waals surface area contributed by atoms with E-state index in [-0.39, 0.29) is 18.0 Å². The lowest BCUT2D eigenvalue weighted by Gasteiger charge is -2.35. The van der Waals surface area contributed by atoms with E-state index in [4.69, 9.17) is 5.73 Å². The molecular weight excluding hydrogens is 210 g/mol. The highest BCUT2D eigenvalue weighted by atomic mass is 19.1. The Morgan fingerprint density at radius 1 is 1.38 bits per heavy atom. The van der Waals surface area contributed by atoms with E-state index in [0.717, 1.165) is 19.0 Å². The summed E-state index contributed by atoms with van der Waals surface area (Å²) in [6, 6.07) is 3.65. The van der Waals surface area contributed by atoms with Gasteiger partial charge in [0.15, 0.2) is 0 Å². The Kier molecular flexibility index (Phi) is 3.21. The van der Waals surface area contributed by atoms with E-state index < -0.39 is 11.6 Å². The quantitative estimate of drug-likeness (QED) is 0.768. The highest BCUT2D eigenvalue weighted by molar-refractivity contribution is 5.23. The molecule has 16 heavy (non-hydrogen) atoms. The number of hydrogen-bond acceptors (Lipinski definition) is 2. The molecule has 0 aromatic heterocycles. The van der Waals surface area contributed by atoms with E-state index in [1.165, 1.54) is 12.1 Å². The molecule has 3 atom stereocenters. The summed E-state index contributed by atoms with van der Waals surface area (Å²) in [6.45, 7) is 2.76. The zero-order chi connectivity index (χ0) is 11.7. The van der Waals surface area contributed by atoms with Gasteiger partial charge in [-0.05, 0) is 24.9 Å². The summed E-state index contributed by atoms with van der Waals surface area (Å²) in [6.07, 6.45) is 0.889. The fraction of sp³-hybridized carbons (Fsp3) is 0.500. The van der Waals surface area contributed by atoms with Crippen LogP contribution in [0.4, 0.5) is 8.78 Å². The second-order valence-corrected chi connectivity index (χ2v) is 4.41. The van der Waals surface area contributed by atoms with Gasteiger partial charge in [0.1, 0.15) is 11.6 Å². The second kappa shape index (κ2) is 4.47. The summed E-state index contributed by atoms with van der Waals surface area (Å²) in [4.78, 5) is 0. The van der Waals surface area contributed by atoms with Crippen LogP contribution in [0.2, 0.25) is 0 Å². The highest BCUT2D eigenvalue weighted by Gasteiger charge is 2.29. The van der Waals surface area contributed by atoms with Crippen LogP contribution >= 0.6 is 0 Å². The number of benzene rings is 1. The van der Waals surface area contributed by atoms with Crippen molar-refractivity contribution in [1.82, 2.24) is 5.32 Å². The lowest BCUT2D eigenvalue weighted by Crippen LogP contribution is -2.45. The van der Waals surface area contributed by atoms with E-state index in [9.17, 15) is 8.78 Å². The molecule has 2 nitrogen and oxygen atoms in total. The van der Waals surface area contributed by atoms with Gasteiger partial charge in [0.05, 0.1) is 0 Å². The van der Waals surface area contributed by atoms with E-state index in [1.807, 2.05) is 6.92 Å². The second-order valence-electron chi connectivity index (χ2n) is 4.41. The Bertz CT molecular complexity index is 381. The molecule has 1 fully saturated rings. The lowest BCUT2D eigenvalue weighted by molar-refractivity contribution is 0.261. The third-order valence-corrected chi connectivity index (χ3v) is 3.34. The van der Waals surface area contributed by atoms with Gasteiger partial charge in [0.25, 0.3) is 0 Å². The van der Waals surface area contributed by atoms with Crippen LogP contribution in [0.25, 0.3) is 0 Å². The van der Waals surface area contributed by atoms with Crippen molar-refractivity contribution in [3.05, 3.63) is 35.4 Å². The summed E-state index contributed by atoms with van der Waals surface area (Å²) in [5.41, 5.74) is 6.45. The first-order chi connectivity index (χ1) is 7.59. The van der Waals surface area contributed by atoms with Gasteiger partial charge in [-0.1, -0.05) is 13.0 Å². The SMILES string of the molecule is CC1C(N)CCNC1c1ccc(F)cc1F. The van der Waals surface area contributed by atoms with Gasteiger partial charge in [-0.15, -0.1) is 0 Å². The van der Waals surface area contributed by atoms with E-state index in [0.29, 0.717) is 5.56 Å². The van der Waals surface area contributed by atoms with Gasteiger partial charge < -0.3 is 11.1 Å². The van der Waals surface area contributed by atoms with E-state index >= 15 is 0 Å². The van der Waals surface area contributed by atoms with Crippen molar-refractivity contribution in [3.8, 4) is 0 Å². The zero-order valence-corrected chi connectivity index (χ0v) is 9.21. The van der Waals surface area contributed by atoms with Gasteiger partial charge in [0.2, 0.25) is 0 Å². The average molecular weight is 226 g/mol. The monoisotopic (exact) mass is 226 g/mol. The molecule has 1 aliphatic heterocycles. The maximum absolute atomic E-state index is 13.6. The van der Waals surface area contributed by atoms with Crippen LogP contribution in [-0.2, 0) is 0 Å². The first kappa shape index (κ1) is 11.5. The van der Waals surface area contributed by atoms with Crippen molar-refractivity contribution in [1.29, 1.82) is 0 Å². The van der Waals surface area contributed by atoms with Crippen LogP contribution in [0.1, 0.15) is 24.9 Å². The fourth-order valence-corrected chi connectivity index (χ4v) is 2.25. The minimum absolute atomic E-state index is 0.0655. The Labute approximate surface area is 93.8 Å². The Balaban J connectivity index is 2.29. The topological polar surface area (TPSA) is 38.0 Å². The van der Waals surface area contributed by atoms with Crippen molar-refractivity contribution in [2.45, 2.75) is 25.4 Å². The van der Waals surface area contributed by atoms with Crippen LogP contribution in [0.3, 0.4) is 0 Å². The summed E-state index contributed by atoms with van der Waals surface area (Å²) < 4.78 is 26.4. The molecule has 0 radical (unpaired) electrons. The molecule has 88 valence electrons. The molecule has 1 saturated heterocycles.